The Morgan fingerprint density at radius 2 is 1.70 bits per heavy atom. The molecular weight excluding hydrogens is 851 g/mol. The summed E-state index contributed by atoms with van der Waals surface area (Å²) in [7, 11) is 0. The van der Waals surface area contributed by atoms with Gasteiger partial charge < -0.3 is 62.0 Å². The Hall–Kier alpha value is -1.91. The number of fused-ring (bicyclic) bond motifs is 8. The molecule has 2 aliphatic heterocycles. The van der Waals surface area contributed by atoms with Gasteiger partial charge in [-0.25, -0.2) is 0 Å². The second-order valence-corrected chi connectivity index (χ2v) is 23.8. The van der Waals surface area contributed by atoms with E-state index in [4.69, 9.17) is 10.5 Å². The van der Waals surface area contributed by atoms with Gasteiger partial charge in [0.15, 0.2) is 5.78 Å². The van der Waals surface area contributed by atoms with Gasteiger partial charge in [-0.1, -0.05) is 45.1 Å². The minimum Gasteiger partial charge on any atom is -0.396 e. The summed E-state index contributed by atoms with van der Waals surface area (Å²) in [5, 5.41) is 104. The average Bonchev–Trinajstić information content (AvgIpc) is 3.99. The Morgan fingerprint density at radius 3 is 2.43 bits per heavy atom. The lowest BCUT2D eigenvalue weighted by Crippen LogP contribution is -2.70. The highest BCUT2D eigenvalue weighted by Gasteiger charge is 2.77. The summed E-state index contributed by atoms with van der Waals surface area (Å²) in [5.41, 5.74) is 2.40. The zero-order valence-electron chi connectivity index (χ0n) is 40.9. The third kappa shape index (κ3) is 8.15. The van der Waals surface area contributed by atoms with Crippen LogP contribution >= 0.6 is 0 Å². The van der Waals surface area contributed by atoms with Crippen LogP contribution in [-0.2, 0) is 9.53 Å². The first kappa shape index (κ1) is 50.0. The third-order valence-electron chi connectivity index (χ3n) is 20.5. The lowest BCUT2D eigenvalue weighted by atomic mass is 9.41. The Kier molecular flexibility index (Phi) is 14.4. The molecule has 0 bridgehead atoms. The quantitative estimate of drug-likeness (QED) is 0.111. The van der Waals surface area contributed by atoms with Gasteiger partial charge in [-0.15, -0.1) is 0 Å². The van der Waals surface area contributed by atoms with Gasteiger partial charge in [0.25, 0.3) is 0 Å². The molecule has 7 aliphatic carbocycles. The van der Waals surface area contributed by atoms with Crippen LogP contribution in [-0.4, -0.2) is 119 Å². The molecule has 0 aromatic heterocycles. The van der Waals surface area contributed by atoms with Crippen LogP contribution in [0.3, 0.4) is 0 Å². The first-order valence-electron chi connectivity index (χ1n) is 27.1. The molecule has 0 aromatic rings. The maximum atomic E-state index is 15.6. The van der Waals surface area contributed by atoms with Gasteiger partial charge in [0.05, 0.1) is 59.7 Å². The second kappa shape index (κ2) is 19.3. The van der Waals surface area contributed by atoms with Crippen LogP contribution < -0.4 is 16.4 Å². The number of carbonyl (C=O) groups is 1. The van der Waals surface area contributed by atoms with Crippen LogP contribution in [0.2, 0.25) is 0 Å². The third-order valence-corrected chi connectivity index (χ3v) is 20.5. The number of rotatable bonds is 14. The molecule has 1 saturated heterocycles. The summed E-state index contributed by atoms with van der Waals surface area (Å²) < 4.78 is 7.09. The maximum absolute atomic E-state index is 15.6. The number of Topliss-reactive ketones (excluding diaryl/α,β-unsaturated/α-hetero) is 1. The number of nitrogens with two attached hydrogens (primary N) is 1. The molecule has 0 radical (unpaired) electrons. The van der Waals surface area contributed by atoms with Crippen molar-refractivity contribution < 1.29 is 50.4 Å². The van der Waals surface area contributed by atoms with E-state index in [0.29, 0.717) is 75.0 Å². The maximum Gasteiger partial charge on any atom is 0.182 e. The van der Waals surface area contributed by atoms with Gasteiger partial charge in [-0.2, -0.15) is 0 Å². The highest BCUT2D eigenvalue weighted by molar-refractivity contribution is 6.00. The first-order valence-corrected chi connectivity index (χ1v) is 27.1. The Morgan fingerprint density at radius 1 is 0.940 bits per heavy atom. The van der Waals surface area contributed by atoms with Gasteiger partial charge in [0, 0.05) is 36.1 Å². The van der Waals surface area contributed by atoms with Crippen molar-refractivity contribution >= 4 is 5.78 Å². The Labute approximate surface area is 399 Å². The van der Waals surface area contributed by atoms with Crippen molar-refractivity contribution in [1.82, 2.24) is 10.6 Å². The van der Waals surface area contributed by atoms with Crippen molar-refractivity contribution in [2.45, 2.75) is 228 Å². The predicted octanol–water partition coefficient (Wildman–Crippen LogP) is 4.91. The van der Waals surface area contributed by atoms with E-state index in [1.807, 2.05) is 12.2 Å². The van der Waals surface area contributed by atoms with E-state index >= 15 is 4.79 Å². The monoisotopic (exact) mass is 938 g/mol. The van der Waals surface area contributed by atoms with Crippen molar-refractivity contribution in [3.05, 3.63) is 34.7 Å². The number of aliphatic hydroxyl groups excluding tert-OH is 5. The van der Waals surface area contributed by atoms with E-state index in [2.05, 4.69) is 17.6 Å². The lowest BCUT2D eigenvalue weighted by Gasteiger charge is -2.65. The van der Waals surface area contributed by atoms with E-state index in [1.54, 1.807) is 13.8 Å². The number of dihydropyridines is 1. The van der Waals surface area contributed by atoms with Crippen LogP contribution in [0.4, 0.5) is 0 Å². The fraction of sp³-hybridized carbons (Fsp3) is 0.870. The number of aliphatic hydroxyl groups is 8. The number of ether oxygens (including phenoxy) is 1. The van der Waals surface area contributed by atoms with Crippen molar-refractivity contribution in [2.24, 2.45) is 58.0 Å². The summed E-state index contributed by atoms with van der Waals surface area (Å²) in [5.74, 6) is -1.42. The highest BCUT2D eigenvalue weighted by Crippen LogP contribution is 2.74. The molecule has 13 heteroatoms. The molecule has 9 rings (SSSR count). The SMILES string of the molecule is CCC[C@@H]1CC[C@H]2[C@H]3[C@@H](O[C@@H]2CC1)[C@@](O)([C@](C)(O)[C@H]1CC[C@@]2(O)C4=C(NC[C@H](C)O)C(=O)[C@@H]5C[C@@H](O)[C@@H](O)C[C@]5(CCC5=C(CCCO)NC(N)C=C5)[C@H]4CC[C@]12C1CCCC1)CCC[C@@H]3O. The summed E-state index contributed by atoms with van der Waals surface area (Å²) in [6.07, 6.45) is 14.6. The van der Waals surface area contributed by atoms with Crippen molar-refractivity contribution in [3.63, 3.8) is 0 Å². The molecule has 7 fully saturated rings. The van der Waals surface area contributed by atoms with E-state index in [1.165, 1.54) is 6.42 Å². The Bertz CT molecular complexity index is 1900. The zero-order chi connectivity index (χ0) is 47.7. The van der Waals surface area contributed by atoms with E-state index < -0.39 is 70.0 Å². The summed E-state index contributed by atoms with van der Waals surface area (Å²) in [6, 6.07) is 0. The molecule has 12 N–H and O–H groups in total. The molecule has 9 aliphatic rings. The molecule has 1 unspecified atom stereocenters. The van der Waals surface area contributed by atoms with Crippen LogP contribution in [0.25, 0.3) is 0 Å². The average molecular weight is 938 g/mol. The molecule has 67 heavy (non-hydrogen) atoms. The van der Waals surface area contributed by atoms with Gasteiger partial charge in [-0.3, -0.25) is 4.79 Å². The molecule has 6 saturated carbocycles. The summed E-state index contributed by atoms with van der Waals surface area (Å²) >= 11 is 0. The van der Waals surface area contributed by atoms with Crippen LogP contribution in [0.5, 0.6) is 0 Å². The van der Waals surface area contributed by atoms with Crippen molar-refractivity contribution in [1.29, 1.82) is 0 Å². The molecule has 18 atom stereocenters. The predicted molar refractivity (Wildman–Crippen MR) is 254 cm³/mol. The van der Waals surface area contributed by atoms with Gasteiger partial charge in [0.1, 0.15) is 5.60 Å². The number of ketones is 1. The zero-order valence-corrected chi connectivity index (χ0v) is 40.9. The van der Waals surface area contributed by atoms with Gasteiger partial charge >= 0.3 is 0 Å². The van der Waals surface area contributed by atoms with Crippen LogP contribution in [0.15, 0.2) is 34.7 Å². The van der Waals surface area contributed by atoms with Gasteiger partial charge in [-0.05, 0) is 182 Å². The summed E-state index contributed by atoms with van der Waals surface area (Å²) in [4.78, 5) is 15.6. The number of hydrogen-bond donors (Lipinski definition) is 11. The molecule has 0 amide bonds. The largest absolute Gasteiger partial charge is 0.396 e. The number of nitrogens with one attached hydrogen (secondary N) is 2. The van der Waals surface area contributed by atoms with E-state index in [-0.39, 0.29) is 80.6 Å². The van der Waals surface area contributed by atoms with Crippen LogP contribution in [0.1, 0.15) is 168 Å². The molecule has 378 valence electrons. The molecule has 0 aromatic carbocycles. The lowest BCUT2D eigenvalue weighted by molar-refractivity contribution is -0.263. The van der Waals surface area contributed by atoms with Gasteiger partial charge in [0.2, 0.25) is 0 Å². The smallest absolute Gasteiger partial charge is 0.182 e. The highest BCUT2D eigenvalue weighted by atomic mass is 16.5. The number of allylic oxidation sites excluding steroid dienone is 4. The van der Waals surface area contributed by atoms with E-state index in [9.17, 15) is 40.9 Å². The van der Waals surface area contributed by atoms with E-state index in [0.717, 1.165) is 69.1 Å². The summed E-state index contributed by atoms with van der Waals surface area (Å²) in [6.45, 7) is 5.82. The Balaban J connectivity index is 1.15. The normalized spacial score (nSPS) is 45.8. The standard InChI is InChI=1S/C54H87N3O10/c1-4-9-32-14-17-35-42(18-15-32)67-49-45(35)39(60)13-7-23-54(49,66)50(3,64)43-22-26-53(65)46-36(21-25-52(43,53)34-10-5-6-11-34)51(24-20-33-16-19-44(55)57-38(33)12-8-27-58)29-41(62)40(61)28-37(51)48(63)47(46)56-30-31(2)59/h16,19,31-32,34-37,39-45,49,56-62,64-66H,4-15,17-18,20-30,55H2,1-3H3/t31-,32+,35+,36-,37-,39-,40+,41-,42+,43+,44?,45+,49+,50+,51+,52-,53+,54+/m0/s1. The van der Waals surface area contributed by atoms with Crippen molar-refractivity contribution in [2.75, 3.05) is 13.2 Å². The molecular formula is C54H87N3O10. The molecule has 2 heterocycles. The second-order valence-electron chi connectivity index (χ2n) is 23.8. The topological polar surface area (TPSA) is 238 Å². The fourth-order valence-corrected chi connectivity index (χ4v) is 17.6. The van der Waals surface area contributed by atoms with Crippen molar-refractivity contribution in [3.8, 4) is 0 Å². The molecule has 13 nitrogen and oxygen atoms in total. The minimum absolute atomic E-state index is 0.00534. The number of hydrogen-bond acceptors (Lipinski definition) is 13. The molecule has 0 spiro atoms. The van der Waals surface area contributed by atoms with Crippen LogP contribution in [0, 0.1) is 52.3 Å². The number of carbonyl (C=O) groups excluding carboxylic acids is 1. The fourth-order valence-electron chi connectivity index (χ4n) is 17.6. The minimum atomic E-state index is -1.75. The first-order chi connectivity index (χ1) is 32.0.